The maximum Gasteiger partial charge on any atom is 0.410 e. The van der Waals surface area contributed by atoms with Crippen LogP contribution in [0.2, 0.25) is 0 Å². The Balaban J connectivity index is 0.000000268. The predicted octanol–water partition coefficient (Wildman–Crippen LogP) is 29.8. The molecule has 5 aromatic rings. The second kappa shape index (κ2) is 54.8. The highest BCUT2D eigenvalue weighted by atomic mass is 79.9. The molecule has 5 saturated heterocycles. The van der Waals surface area contributed by atoms with Crippen molar-refractivity contribution in [1.82, 2.24) is 31.1 Å². The van der Waals surface area contributed by atoms with Crippen LogP contribution in [0, 0.1) is 57.3 Å². The number of alkyl halides is 12. The molecule has 15 atom stereocenters. The Hall–Kier alpha value is -0.655. The first-order valence-corrected chi connectivity index (χ1v) is 52.9. The SMILES string of the molecule is Br.BrB(Br)Br.C.C.CCOC(=O)N1CC[C@@]23CCCC[C@@H]2[C@@H]1Cc1ccc(C)cc13.CCOC(=O)N1CC[C@@]23CCCC[C@@H]2[C@@H]1Cc1ccc(O)cc13.Cc1ccc2c(c1)[C@]13CCCC[C@@H]1[C@H](C2)N(C)CC3.Cc1ccc2c(c1)[C@]13CCCC[C@@H]1[C@H](C2)N(C)CC3.Cc1ccc2c(c1)[C@]13CCCC[C@@H]1[C@H](C2)NCC3.ClC(Cl)Cl.ClC(Cl)Cl.ClC(Cl)Cl.ClCCl.N.O.[2H]CF. The first-order chi connectivity index (χ1) is 59.3. The maximum atomic E-state index is 12.4. The molecular weight excluding hydrogens is 2110 g/mol. The number of fused-ring (bicyclic) bond motifs is 5. The largest absolute Gasteiger partial charge is 0.508 e. The van der Waals surface area contributed by atoms with Crippen molar-refractivity contribution in [3.63, 3.8) is 0 Å². The van der Waals surface area contributed by atoms with Crippen LogP contribution in [0.3, 0.4) is 0 Å². The van der Waals surface area contributed by atoms with E-state index in [-0.39, 0.29) is 75.6 Å². The Morgan fingerprint density at radius 3 is 1.02 bits per heavy atom. The average Bonchev–Trinajstić information content (AvgIpc) is 0.720. The summed E-state index contributed by atoms with van der Waals surface area (Å²) < 4.78 is 24.2. The molecule has 10 bridgehead atoms. The second-order valence-corrected chi connectivity index (χ2v) is 50.1. The molecule has 5 heterocycles. The molecule has 0 radical (unpaired) electrons. The number of nitrogens with zero attached hydrogens (tertiary/aromatic N) is 4. The summed E-state index contributed by atoms with van der Waals surface area (Å²) >= 11 is 62.1. The number of rotatable bonds is 2. The van der Waals surface area contributed by atoms with Gasteiger partial charge in [-0.15, -0.1) is 87.5 Å². The number of halogens is 16. The topological polar surface area (TPSA) is 164 Å². The van der Waals surface area contributed by atoms with Crippen molar-refractivity contribution >= 4 is 207 Å². The third-order valence-corrected chi connectivity index (χ3v) is 31.2. The minimum absolute atomic E-state index is 0. The van der Waals surface area contributed by atoms with Crippen LogP contribution < -0.4 is 11.5 Å². The van der Waals surface area contributed by atoms with E-state index in [9.17, 15) is 19.1 Å². The molecule has 29 heteroatoms. The van der Waals surface area contributed by atoms with E-state index >= 15 is 0 Å². The van der Waals surface area contributed by atoms with E-state index in [4.69, 9.17) is 138 Å². The summed E-state index contributed by atoms with van der Waals surface area (Å²) in [4.78, 5) is 34.2. The zero-order valence-electron chi connectivity index (χ0n) is 76.0. The third kappa shape index (κ3) is 27.5. The smallest absolute Gasteiger partial charge is 0.410 e. The van der Waals surface area contributed by atoms with Crippen molar-refractivity contribution in [2.75, 3.05) is 72.5 Å². The number of likely N-dealkylation sites (tertiary alicyclic amines) is 4. The quantitative estimate of drug-likeness (QED) is 0.115. The van der Waals surface area contributed by atoms with Gasteiger partial charge in [0.2, 0.25) is 0 Å². The molecule has 0 aromatic heterocycles. The molecular formula is C99H147BBr4Cl11FN6O6. The van der Waals surface area contributed by atoms with E-state index < -0.39 is 20.0 Å². The van der Waals surface area contributed by atoms with Gasteiger partial charge in [-0.3, -0.25) is 4.39 Å². The molecule has 20 rings (SSSR count). The number of ether oxygens (including phenoxy) is 2. The van der Waals surface area contributed by atoms with E-state index in [1.165, 1.54) is 226 Å². The number of hydrogen-bond donors (Lipinski definition) is 3. The number of likely N-dealkylation sites (N-methyl/N-ethyl adjacent to an activating group) is 2. The molecule has 5 saturated carbocycles. The highest BCUT2D eigenvalue weighted by Crippen LogP contribution is 2.61. The van der Waals surface area contributed by atoms with E-state index in [0.29, 0.717) is 58.5 Å². The van der Waals surface area contributed by atoms with Gasteiger partial charge in [-0.2, -0.15) is 0 Å². The summed E-state index contributed by atoms with van der Waals surface area (Å²) in [5.74, 6) is 4.25. The summed E-state index contributed by atoms with van der Waals surface area (Å²) in [6.45, 7) is 19.1. The van der Waals surface area contributed by atoms with Crippen LogP contribution in [0.25, 0.3) is 0 Å². The van der Waals surface area contributed by atoms with E-state index in [2.05, 4.69) is 183 Å². The van der Waals surface area contributed by atoms with Crippen LogP contribution >= 0.6 is 192 Å². The van der Waals surface area contributed by atoms with Crippen molar-refractivity contribution in [3.05, 3.63) is 169 Å². The lowest BCUT2D eigenvalue weighted by molar-refractivity contribution is -0.0113. The van der Waals surface area contributed by atoms with Crippen molar-refractivity contribution in [2.45, 2.75) is 319 Å². The van der Waals surface area contributed by atoms with Crippen molar-refractivity contribution in [2.24, 2.45) is 29.6 Å². The number of phenolic OH excluding ortho intramolecular Hbond substituents is 1. The summed E-state index contributed by atoms with van der Waals surface area (Å²) in [5.41, 5.74) is 23.7. The van der Waals surface area contributed by atoms with E-state index in [0.717, 1.165) is 74.7 Å². The van der Waals surface area contributed by atoms with Gasteiger partial charge in [0.15, 0.2) is 12.9 Å². The highest BCUT2D eigenvalue weighted by molar-refractivity contribution is 9.69. The fourth-order valence-corrected chi connectivity index (χ4v) is 26.6. The molecule has 5 aliphatic heterocycles. The van der Waals surface area contributed by atoms with Gasteiger partial charge in [-0.25, -0.2) is 9.59 Å². The van der Waals surface area contributed by atoms with Crippen molar-refractivity contribution in [1.29, 1.82) is 0 Å². The van der Waals surface area contributed by atoms with Crippen LogP contribution in [0.1, 0.15) is 268 Å². The fraction of sp³-hybridized carbons (Fsp3) is 0.677. The lowest BCUT2D eigenvalue weighted by Gasteiger charge is -2.58. The Bertz CT molecular complexity index is 4030. The lowest BCUT2D eigenvalue weighted by Crippen LogP contribution is -2.62. The number of aromatic hydroxyl groups is 1. The predicted molar refractivity (Wildman–Crippen MR) is 565 cm³/mol. The number of carbonyl (C=O) groups excluding carboxylic acids is 2. The molecule has 2 amide bonds. The molecule has 7 N–H and O–H groups in total. The Morgan fingerprint density at radius 1 is 0.461 bits per heavy atom. The number of amides is 2. The zero-order chi connectivity index (χ0) is 90.0. The summed E-state index contributed by atoms with van der Waals surface area (Å²) in [6.07, 6.45) is 39.1. The summed E-state index contributed by atoms with van der Waals surface area (Å²) in [7, 11) is 3.70. The molecule has 0 unspecified atom stereocenters. The molecule has 128 heavy (non-hydrogen) atoms. The van der Waals surface area contributed by atoms with Crippen LogP contribution in [-0.2, 0) is 68.7 Å². The van der Waals surface area contributed by atoms with Crippen LogP contribution in [-0.4, -0.2) is 161 Å². The monoisotopic (exact) mass is 2250 g/mol. The molecule has 10 aliphatic carbocycles. The third-order valence-electron chi connectivity index (χ3n) is 31.2. The van der Waals surface area contributed by atoms with E-state index in [1.54, 1.807) is 45.0 Å². The molecule has 5 aromatic carbocycles. The van der Waals surface area contributed by atoms with Gasteiger partial charge in [0.05, 0.1) is 27.1 Å². The number of benzene rings is 5. The number of nitrogens with one attached hydrogen (secondary N) is 1. The number of aryl methyl sites for hydroxylation is 4. The van der Waals surface area contributed by atoms with Gasteiger partial charge in [-0.05, 0) is 301 Å². The second-order valence-electron chi connectivity index (χ2n) is 37.0. The van der Waals surface area contributed by atoms with Gasteiger partial charge < -0.3 is 51.1 Å². The number of carbonyl (C=O) groups is 2. The minimum Gasteiger partial charge on any atom is -0.508 e. The number of piperidine rings is 5. The average molecular weight is 2260 g/mol. The molecule has 10 fully saturated rings. The normalized spacial score (nSPS) is 29.3. The van der Waals surface area contributed by atoms with Crippen molar-refractivity contribution in [3.8, 4) is 5.75 Å². The summed E-state index contributed by atoms with van der Waals surface area (Å²) in [5, 5.41) is 14.0. The Labute approximate surface area is 861 Å². The van der Waals surface area contributed by atoms with Gasteiger partial charge in [0, 0.05) is 70.4 Å². The molecule has 12 nitrogen and oxygen atoms in total. The molecule has 0 spiro atoms. The van der Waals surface area contributed by atoms with Gasteiger partial charge in [0.1, 0.15) is 5.75 Å². The number of phenols is 1. The molecule has 15 aliphatic rings. The maximum absolute atomic E-state index is 12.4. The number of hydrogen-bond acceptors (Lipinski definition) is 9. The minimum atomic E-state index is -1.00. The first-order valence-electron chi connectivity index (χ1n) is 45.9. The fourth-order valence-electron chi connectivity index (χ4n) is 26.6. The lowest BCUT2D eigenvalue weighted by atomic mass is 9.52. The van der Waals surface area contributed by atoms with Gasteiger partial charge in [-0.1, -0.05) is 285 Å². The summed E-state index contributed by atoms with van der Waals surface area (Å²) in [6, 6.07) is 37.5. The highest BCUT2D eigenvalue weighted by Gasteiger charge is 2.59. The Kier molecular flexibility index (Phi) is 49.7. The van der Waals surface area contributed by atoms with E-state index in [1.807, 2.05) is 29.7 Å². The zero-order valence-corrected chi connectivity index (χ0v) is 89.8. The van der Waals surface area contributed by atoms with Crippen LogP contribution in [0.4, 0.5) is 14.0 Å². The van der Waals surface area contributed by atoms with Crippen LogP contribution in [0.5, 0.6) is 5.75 Å². The molecule has 724 valence electrons. The van der Waals surface area contributed by atoms with Gasteiger partial charge in [0.25, 0.3) is 0 Å². The van der Waals surface area contributed by atoms with Crippen molar-refractivity contribution < 1.29 is 35.4 Å². The standard InChI is InChI=1S/C20H27NO2.C19H25NO3.2C18H25N.C17H23N.3CHCl3.CH2Cl2.CH3F.2CH4.BBr3.BrH.H3N.H2O/c1-3-23-19(22)21-11-10-20-9-5-4-6-16(20)18(21)13-15-8-7-14(2)12-17(15)20;1-2-23-18(22)20-10-9-19-8-4-3-5-15(19)17(20)11-13-6-7-14(21)12-16(13)19;2*1-13-6-7-14-12-17-15-5-3-4-8-18(15,16(14)11-13)9-10-19(17)2;1-12-5-6-13-11-16-14-4-2-3-7-17(14,8-9-18-16)15(13)10-12;3*2-1(3)4;2-1-3;1-2;;;2-1(3)4;;;/h7-8,12,16,18H,3-6,9-11,13H2,1-2H3;6-7,12,15,17,21H,2-5,8-11H2,1H3;2*6-7,11,15,17H,3-5,8-10,12H2,1-2H3;5-6,10,14,16,18H,2-4,7-9,11H2,1H3;3*1H;1H2;1H3;2*1H4;;1H;1H3;1H2/t16-,18+,20+;15-,17+,19+;2*15-,17+,18+;14-,16+,17+;;;;;;;;;;;/m11111.........../s1/i;;;;;;;;;1D;;;;;;. The van der Waals surface area contributed by atoms with Crippen LogP contribution in [0.15, 0.2) is 91.0 Å². The first kappa shape index (κ1) is 116. The van der Waals surface area contributed by atoms with Gasteiger partial charge >= 0.3 is 15.4 Å². The Morgan fingerprint density at radius 2 is 0.711 bits per heavy atom.